The van der Waals surface area contributed by atoms with Crippen molar-refractivity contribution in [1.82, 2.24) is 4.57 Å². The van der Waals surface area contributed by atoms with Crippen molar-refractivity contribution in [3.05, 3.63) is 95.6 Å². The third kappa shape index (κ3) is 4.51. The Bertz CT molecular complexity index is 1420. The van der Waals surface area contributed by atoms with Crippen LogP contribution in [0.15, 0.2) is 69.6 Å². The van der Waals surface area contributed by atoms with Crippen molar-refractivity contribution in [2.24, 2.45) is 4.99 Å². The van der Waals surface area contributed by atoms with Crippen LogP contribution in [0.2, 0.25) is 5.02 Å². The molecule has 6 nitrogen and oxygen atoms in total. The van der Waals surface area contributed by atoms with Gasteiger partial charge >= 0.3 is 5.97 Å². The predicted octanol–water partition coefficient (Wildman–Crippen LogP) is 3.85. The average molecular weight is 483 g/mol. The number of aromatic nitrogens is 1. The normalized spacial score (nSPS) is 15.9. The summed E-state index contributed by atoms with van der Waals surface area (Å²) in [5.74, 6) is 0.185. The van der Waals surface area contributed by atoms with Crippen LogP contribution in [0.3, 0.4) is 0 Å². The molecular formula is C25H23ClN2O4S. The Kier molecular flexibility index (Phi) is 6.54. The van der Waals surface area contributed by atoms with Crippen molar-refractivity contribution in [2.75, 3.05) is 7.11 Å². The zero-order valence-electron chi connectivity index (χ0n) is 18.7. The lowest BCUT2D eigenvalue weighted by atomic mass is 9.96. The number of halogens is 1. The van der Waals surface area contributed by atoms with Gasteiger partial charge in [0.1, 0.15) is 5.75 Å². The molecule has 2 aromatic carbocycles. The quantitative estimate of drug-likeness (QED) is 0.518. The first-order valence-corrected chi connectivity index (χ1v) is 11.6. The van der Waals surface area contributed by atoms with E-state index >= 15 is 0 Å². The molecule has 0 saturated heterocycles. The Morgan fingerprint density at radius 3 is 2.52 bits per heavy atom. The number of fused-ring (bicyclic) bond motifs is 1. The standard InChI is InChI=1S/C25H23ClN2O4S/c1-14(2)32-24(30)21-15(3)27-25-28(22(21)16-9-11-18(31-4)12-10-16)23(29)20(33-25)13-17-7-5-6-8-19(17)26/h5-14,22H,1-4H3. The van der Waals surface area contributed by atoms with E-state index in [1.54, 1.807) is 56.7 Å². The number of nitrogens with zero attached hydrogens (tertiary/aromatic N) is 2. The topological polar surface area (TPSA) is 69.9 Å². The lowest BCUT2D eigenvalue weighted by Crippen LogP contribution is -2.40. The summed E-state index contributed by atoms with van der Waals surface area (Å²) in [5.41, 5.74) is 2.10. The van der Waals surface area contributed by atoms with E-state index < -0.39 is 12.0 Å². The minimum atomic E-state index is -0.674. The van der Waals surface area contributed by atoms with E-state index in [0.717, 1.165) is 11.1 Å². The van der Waals surface area contributed by atoms with Gasteiger partial charge in [0.2, 0.25) is 0 Å². The molecule has 2 heterocycles. The molecule has 0 bridgehead atoms. The summed E-state index contributed by atoms with van der Waals surface area (Å²) in [6.07, 6.45) is 1.45. The molecule has 8 heteroatoms. The first kappa shape index (κ1) is 23.0. The van der Waals surface area contributed by atoms with Gasteiger partial charge in [-0.25, -0.2) is 9.79 Å². The van der Waals surface area contributed by atoms with Crippen molar-refractivity contribution in [3.63, 3.8) is 0 Å². The van der Waals surface area contributed by atoms with Gasteiger partial charge in [-0.15, -0.1) is 0 Å². The average Bonchev–Trinajstić information content (AvgIpc) is 3.08. The van der Waals surface area contributed by atoms with Crippen molar-refractivity contribution >= 4 is 35.0 Å². The summed E-state index contributed by atoms with van der Waals surface area (Å²) in [4.78, 5) is 31.8. The smallest absolute Gasteiger partial charge is 0.338 e. The Balaban J connectivity index is 1.95. The van der Waals surface area contributed by atoms with Crippen LogP contribution in [0.25, 0.3) is 6.08 Å². The fourth-order valence-corrected chi connectivity index (χ4v) is 4.92. The highest BCUT2D eigenvalue weighted by Gasteiger charge is 2.33. The Morgan fingerprint density at radius 2 is 1.88 bits per heavy atom. The van der Waals surface area contributed by atoms with Crippen molar-refractivity contribution in [1.29, 1.82) is 0 Å². The summed E-state index contributed by atoms with van der Waals surface area (Å²) in [6, 6.07) is 13.9. The molecule has 0 N–H and O–H groups in total. The molecule has 1 aliphatic rings. The number of thiazole rings is 1. The monoisotopic (exact) mass is 482 g/mol. The third-order valence-corrected chi connectivity index (χ3v) is 6.53. The third-order valence-electron chi connectivity index (χ3n) is 5.21. The first-order chi connectivity index (χ1) is 15.8. The molecule has 33 heavy (non-hydrogen) atoms. The Morgan fingerprint density at radius 1 is 1.18 bits per heavy atom. The zero-order chi connectivity index (χ0) is 23.7. The second-order valence-corrected chi connectivity index (χ2v) is 9.25. The molecule has 0 spiro atoms. The number of benzene rings is 2. The Hall–Kier alpha value is -3.16. The van der Waals surface area contributed by atoms with Crippen LogP contribution in [0.1, 0.15) is 37.9 Å². The van der Waals surface area contributed by atoms with Crippen molar-refractivity contribution in [3.8, 4) is 5.75 Å². The highest BCUT2D eigenvalue weighted by Crippen LogP contribution is 2.31. The molecule has 0 radical (unpaired) electrons. The summed E-state index contributed by atoms with van der Waals surface area (Å²) in [6.45, 7) is 5.34. The number of carbonyl (C=O) groups is 1. The zero-order valence-corrected chi connectivity index (χ0v) is 20.2. The summed E-state index contributed by atoms with van der Waals surface area (Å²) >= 11 is 7.56. The predicted molar refractivity (Wildman–Crippen MR) is 129 cm³/mol. The summed E-state index contributed by atoms with van der Waals surface area (Å²) < 4.78 is 12.8. The molecule has 0 aliphatic carbocycles. The SMILES string of the molecule is COc1ccc(C2C(C(=O)OC(C)C)=C(C)N=c3sc(=Cc4ccccc4Cl)c(=O)n32)cc1. The minimum absolute atomic E-state index is 0.248. The number of esters is 1. The van der Waals surface area contributed by atoms with Crippen LogP contribution in [0.5, 0.6) is 5.75 Å². The van der Waals surface area contributed by atoms with Crippen LogP contribution >= 0.6 is 22.9 Å². The van der Waals surface area contributed by atoms with E-state index in [1.807, 2.05) is 30.3 Å². The van der Waals surface area contributed by atoms with Crippen LogP contribution in [0.4, 0.5) is 0 Å². The fourth-order valence-electron chi connectivity index (χ4n) is 3.70. The molecule has 4 rings (SSSR count). The highest BCUT2D eigenvalue weighted by atomic mass is 35.5. The maximum absolute atomic E-state index is 13.6. The molecular weight excluding hydrogens is 460 g/mol. The molecule has 1 unspecified atom stereocenters. The molecule has 170 valence electrons. The van der Waals surface area contributed by atoms with E-state index in [9.17, 15) is 9.59 Å². The van der Waals surface area contributed by atoms with Gasteiger partial charge < -0.3 is 9.47 Å². The number of methoxy groups -OCH3 is 1. The second-order valence-electron chi connectivity index (χ2n) is 7.83. The lowest BCUT2D eigenvalue weighted by Gasteiger charge is -2.25. The number of hydrogen-bond donors (Lipinski definition) is 0. The van der Waals surface area contributed by atoms with Crippen LogP contribution in [-0.2, 0) is 9.53 Å². The summed E-state index contributed by atoms with van der Waals surface area (Å²) in [5, 5.41) is 0.549. The van der Waals surface area contributed by atoms with Crippen molar-refractivity contribution in [2.45, 2.75) is 32.9 Å². The van der Waals surface area contributed by atoms with E-state index in [2.05, 4.69) is 4.99 Å². The maximum atomic E-state index is 13.6. The maximum Gasteiger partial charge on any atom is 0.338 e. The largest absolute Gasteiger partial charge is 0.497 e. The molecule has 1 aromatic heterocycles. The van der Waals surface area contributed by atoms with Gasteiger partial charge in [-0.1, -0.05) is 53.3 Å². The second kappa shape index (κ2) is 9.37. The van der Waals surface area contributed by atoms with Gasteiger partial charge in [0, 0.05) is 5.02 Å². The van der Waals surface area contributed by atoms with Crippen LogP contribution in [0, 0.1) is 0 Å². The fraction of sp³-hybridized carbons (Fsp3) is 0.240. The number of allylic oxidation sites excluding steroid dienone is 1. The Labute approximate surface area is 200 Å². The number of hydrogen-bond acceptors (Lipinski definition) is 6. The minimum Gasteiger partial charge on any atom is -0.497 e. The van der Waals surface area contributed by atoms with E-state index in [0.29, 0.717) is 31.4 Å². The molecule has 0 fully saturated rings. The van der Waals surface area contributed by atoms with Gasteiger partial charge in [0.05, 0.1) is 35.1 Å². The van der Waals surface area contributed by atoms with E-state index in [4.69, 9.17) is 21.1 Å². The first-order valence-electron chi connectivity index (χ1n) is 10.4. The molecule has 0 amide bonds. The number of rotatable bonds is 5. The summed E-state index contributed by atoms with van der Waals surface area (Å²) in [7, 11) is 1.59. The van der Waals surface area contributed by atoms with Crippen LogP contribution in [-0.4, -0.2) is 23.8 Å². The number of ether oxygens (including phenoxy) is 2. The molecule has 3 aromatic rings. The molecule has 1 atom stereocenters. The highest BCUT2D eigenvalue weighted by molar-refractivity contribution is 7.07. The van der Waals surface area contributed by atoms with E-state index in [1.165, 1.54) is 11.3 Å². The van der Waals surface area contributed by atoms with Gasteiger partial charge in [-0.3, -0.25) is 9.36 Å². The lowest BCUT2D eigenvalue weighted by molar-refractivity contribution is -0.143. The van der Waals surface area contributed by atoms with E-state index in [-0.39, 0.29) is 11.7 Å². The van der Waals surface area contributed by atoms with Crippen LogP contribution < -0.4 is 19.6 Å². The molecule has 0 saturated carbocycles. The van der Waals surface area contributed by atoms with Gasteiger partial charge in [-0.2, -0.15) is 0 Å². The van der Waals surface area contributed by atoms with Gasteiger partial charge in [-0.05, 0) is 56.2 Å². The van der Waals surface area contributed by atoms with Crippen molar-refractivity contribution < 1.29 is 14.3 Å². The number of carbonyl (C=O) groups excluding carboxylic acids is 1. The van der Waals surface area contributed by atoms with Gasteiger partial charge in [0.15, 0.2) is 4.80 Å². The van der Waals surface area contributed by atoms with Gasteiger partial charge in [0.25, 0.3) is 5.56 Å². The molecule has 1 aliphatic heterocycles.